The minimum Gasteiger partial charge on any atom is -0.478 e. The second kappa shape index (κ2) is 7.01. The quantitative estimate of drug-likeness (QED) is 0.645. The largest absolute Gasteiger partial charge is 0.478 e. The van der Waals surface area contributed by atoms with Crippen LogP contribution in [0.25, 0.3) is 6.08 Å². The van der Waals surface area contributed by atoms with E-state index in [4.69, 9.17) is 5.11 Å². The lowest BCUT2D eigenvalue weighted by Gasteiger charge is -2.23. The number of carbonyl (C=O) groups is 1. The summed E-state index contributed by atoms with van der Waals surface area (Å²) in [6.45, 7) is 7.35. The number of likely N-dealkylation sites (N-methyl/N-ethyl adjacent to an activating group) is 1. The molecule has 0 radical (unpaired) electrons. The summed E-state index contributed by atoms with van der Waals surface area (Å²) in [6.07, 6.45) is 4.58. The minimum atomic E-state index is -0.951. The molecule has 0 aliphatic carbocycles. The van der Waals surface area contributed by atoms with Gasteiger partial charge in [-0.3, -0.25) is 0 Å². The van der Waals surface area contributed by atoms with E-state index in [9.17, 15) is 4.79 Å². The average Bonchev–Trinajstić information content (AvgIpc) is 2.34. The van der Waals surface area contributed by atoms with Crippen molar-refractivity contribution in [2.24, 2.45) is 0 Å². The van der Waals surface area contributed by atoms with E-state index in [-0.39, 0.29) is 0 Å². The molecule has 0 unspecified atom stereocenters. The van der Waals surface area contributed by atoms with Gasteiger partial charge in [0.2, 0.25) is 0 Å². The van der Waals surface area contributed by atoms with Gasteiger partial charge in [0.05, 0.1) is 0 Å². The monoisotopic (exact) mass is 309 g/mol. The van der Waals surface area contributed by atoms with E-state index in [1.54, 1.807) is 6.08 Å². The van der Waals surface area contributed by atoms with Crippen LogP contribution in [0.5, 0.6) is 0 Å². The highest BCUT2D eigenvalue weighted by Gasteiger charge is 2.07. The lowest BCUT2D eigenvalue weighted by atomic mass is 10.1. The fourth-order valence-corrected chi connectivity index (χ4v) is 2.04. The minimum absolute atomic E-state index is 0.728. The predicted octanol–water partition coefficient (Wildman–Crippen LogP) is 3.56. The molecule has 0 bridgehead atoms. The second-order valence-corrected chi connectivity index (χ2v) is 4.62. The highest BCUT2D eigenvalue weighted by molar-refractivity contribution is 9.10. The van der Waals surface area contributed by atoms with Gasteiger partial charge in [-0.05, 0) is 36.8 Å². The summed E-state index contributed by atoms with van der Waals surface area (Å²) in [5.41, 5.74) is 1.87. The zero-order valence-electron chi connectivity index (χ0n) is 10.3. The van der Waals surface area contributed by atoms with E-state index in [0.717, 1.165) is 34.9 Å². The second-order valence-electron chi connectivity index (χ2n) is 3.70. The fourth-order valence-electron chi connectivity index (χ4n) is 1.66. The van der Waals surface area contributed by atoms with Crippen LogP contribution in [0.1, 0.15) is 12.5 Å². The fraction of sp³-hybridized carbons (Fsp3) is 0.214. The molecule has 0 spiro atoms. The highest BCUT2D eigenvalue weighted by Crippen LogP contribution is 2.25. The van der Waals surface area contributed by atoms with E-state index < -0.39 is 5.97 Å². The van der Waals surface area contributed by atoms with Crippen LogP contribution in [-0.2, 0) is 4.79 Å². The Morgan fingerprint density at radius 3 is 2.83 bits per heavy atom. The Kier molecular flexibility index (Phi) is 5.65. The van der Waals surface area contributed by atoms with Crippen LogP contribution < -0.4 is 4.90 Å². The summed E-state index contributed by atoms with van der Waals surface area (Å²) in [5, 5.41) is 8.71. The first kappa shape index (κ1) is 14.5. The maximum atomic E-state index is 10.6. The van der Waals surface area contributed by atoms with Crippen LogP contribution in [0.3, 0.4) is 0 Å². The number of carboxylic acid groups (broad SMARTS) is 1. The van der Waals surface area contributed by atoms with Gasteiger partial charge in [0.1, 0.15) is 0 Å². The van der Waals surface area contributed by atoms with Gasteiger partial charge in [-0.15, -0.1) is 6.58 Å². The van der Waals surface area contributed by atoms with Gasteiger partial charge < -0.3 is 10.0 Å². The van der Waals surface area contributed by atoms with Crippen molar-refractivity contribution >= 4 is 33.7 Å². The van der Waals surface area contributed by atoms with E-state index in [1.807, 2.05) is 24.3 Å². The summed E-state index contributed by atoms with van der Waals surface area (Å²) in [4.78, 5) is 12.7. The molecule has 1 aromatic rings. The molecule has 0 aliphatic rings. The number of rotatable bonds is 6. The first-order valence-corrected chi connectivity index (χ1v) is 6.44. The van der Waals surface area contributed by atoms with E-state index in [1.165, 1.54) is 0 Å². The van der Waals surface area contributed by atoms with Crippen molar-refractivity contribution in [2.45, 2.75) is 6.92 Å². The van der Waals surface area contributed by atoms with Crippen molar-refractivity contribution < 1.29 is 9.90 Å². The summed E-state index contributed by atoms with van der Waals surface area (Å²) in [6, 6.07) is 5.82. The number of hydrogen-bond acceptors (Lipinski definition) is 2. The molecule has 0 aliphatic heterocycles. The highest BCUT2D eigenvalue weighted by atomic mass is 79.9. The molecule has 0 amide bonds. The Labute approximate surface area is 116 Å². The number of nitrogens with zero attached hydrogens (tertiary/aromatic N) is 1. The Morgan fingerprint density at radius 2 is 2.28 bits per heavy atom. The zero-order chi connectivity index (χ0) is 13.5. The van der Waals surface area contributed by atoms with Gasteiger partial charge in [0.25, 0.3) is 0 Å². The maximum absolute atomic E-state index is 10.6. The molecule has 1 rings (SSSR count). The number of benzene rings is 1. The van der Waals surface area contributed by atoms with Crippen LogP contribution in [-0.4, -0.2) is 24.2 Å². The van der Waals surface area contributed by atoms with Crippen LogP contribution in [0.15, 0.2) is 41.4 Å². The normalized spacial score (nSPS) is 10.6. The molecule has 4 heteroatoms. The molecule has 3 nitrogen and oxygen atoms in total. The van der Waals surface area contributed by atoms with Crippen molar-refractivity contribution in [1.82, 2.24) is 0 Å². The number of anilines is 1. The van der Waals surface area contributed by atoms with Gasteiger partial charge in [-0.2, -0.15) is 0 Å². The molecule has 18 heavy (non-hydrogen) atoms. The van der Waals surface area contributed by atoms with Crippen LogP contribution in [0.2, 0.25) is 0 Å². The molecular formula is C14H16BrNO2. The zero-order valence-corrected chi connectivity index (χ0v) is 11.9. The average molecular weight is 310 g/mol. The molecular weight excluding hydrogens is 294 g/mol. The lowest BCUT2D eigenvalue weighted by molar-refractivity contribution is -0.131. The number of hydrogen-bond donors (Lipinski definition) is 1. The number of halogens is 1. The van der Waals surface area contributed by atoms with Crippen molar-refractivity contribution in [2.75, 3.05) is 18.0 Å². The van der Waals surface area contributed by atoms with Crippen molar-refractivity contribution in [1.29, 1.82) is 0 Å². The molecule has 0 heterocycles. The molecule has 1 aromatic carbocycles. The van der Waals surface area contributed by atoms with Gasteiger partial charge in [0, 0.05) is 29.3 Å². The number of carboxylic acids is 1. The van der Waals surface area contributed by atoms with Crippen LogP contribution in [0, 0.1) is 0 Å². The van der Waals surface area contributed by atoms with Crippen molar-refractivity contribution in [3.8, 4) is 0 Å². The first-order valence-electron chi connectivity index (χ1n) is 5.65. The third-order valence-corrected chi connectivity index (χ3v) is 2.96. The van der Waals surface area contributed by atoms with Gasteiger partial charge >= 0.3 is 5.97 Å². The third kappa shape index (κ3) is 4.04. The Bertz CT molecular complexity index is 469. The van der Waals surface area contributed by atoms with Crippen molar-refractivity contribution in [3.05, 3.63) is 47.0 Å². The summed E-state index contributed by atoms with van der Waals surface area (Å²) >= 11 is 3.39. The Balaban J connectivity index is 3.16. The topological polar surface area (TPSA) is 40.5 Å². The van der Waals surface area contributed by atoms with Crippen LogP contribution >= 0.6 is 15.9 Å². The standard InChI is InChI=1S/C14H16BrNO2/c1-3-9-16(4-2)13-7-6-12(15)10-11(13)5-8-14(17)18/h3,5-8,10H,1,4,9H2,2H3,(H,17,18)/b8-5+. The molecule has 0 fully saturated rings. The summed E-state index contributed by atoms with van der Waals surface area (Å²) in [5.74, 6) is -0.951. The van der Waals surface area contributed by atoms with Gasteiger partial charge in [-0.25, -0.2) is 4.79 Å². The number of aliphatic carboxylic acids is 1. The molecule has 0 saturated heterocycles. The smallest absolute Gasteiger partial charge is 0.328 e. The van der Waals surface area contributed by atoms with E-state index in [2.05, 4.69) is 34.3 Å². The first-order chi connectivity index (χ1) is 8.58. The molecule has 0 atom stereocenters. The SMILES string of the molecule is C=CCN(CC)c1ccc(Br)cc1/C=C/C(=O)O. The third-order valence-electron chi connectivity index (χ3n) is 2.47. The van der Waals surface area contributed by atoms with E-state index in [0.29, 0.717) is 0 Å². The van der Waals surface area contributed by atoms with Crippen molar-refractivity contribution in [3.63, 3.8) is 0 Å². The Morgan fingerprint density at radius 1 is 1.56 bits per heavy atom. The van der Waals surface area contributed by atoms with Crippen LogP contribution in [0.4, 0.5) is 5.69 Å². The lowest BCUT2D eigenvalue weighted by Crippen LogP contribution is -2.23. The Hall–Kier alpha value is -1.55. The molecule has 0 aromatic heterocycles. The predicted molar refractivity (Wildman–Crippen MR) is 78.9 cm³/mol. The molecule has 0 saturated carbocycles. The maximum Gasteiger partial charge on any atom is 0.328 e. The summed E-state index contributed by atoms with van der Waals surface area (Å²) < 4.78 is 0.922. The molecule has 96 valence electrons. The van der Waals surface area contributed by atoms with Gasteiger partial charge in [-0.1, -0.05) is 22.0 Å². The molecule has 1 N–H and O–H groups in total. The van der Waals surface area contributed by atoms with E-state index >= 15 is 0 Å². The van der Waals surface area contributed by atoms with Gasteiger partial charge in [0.15, 0.2) is 0 Å². The summed E-state index contributed by atoms with van der Waals surface area (Å²) in [7, 11) is 0.